The molecule has 0 bridgehead atoms. The molecule has 13 heavy (non-hydrogen) atoms. The molecule has 0 aromatic carbocycles. The highest BCUT2D eigenvalue weighted by Gasteiger charge is 2.40. The van der Waals surface area contributed by atoms with Crippen LogP contribution in [0.5, 0.6) is 0 Å². The molecule has 1 aliphatic rings. The molecule has 0 saturated carbocycles. The van der Waals surface area contributed by atoms with E-state index in [9.17, 15) is 5.11 Å². The number of hydrogen-bond donors (Lipinski definition) is 1. The molecule has 1 fully saturated rings. The number of nitriles is 1. The number of aliphatic hydroxyl groups is 1. The summed E-state index contributed by atoms with van der Waals surface area (Å²) in [5, 5.41) is 18.9. The number of hydrogen-bond acceptors (Lipinski definition) is 3. The van der Waals surface area contributed by atoms with Gasteiger partial charge in [-0.1, -0.05) is 6.92 Å². The van der Waals surface area contributed by atoms with Gasteiger partial charge in [0.1, 0.15) is 0 Å². The predicted octanol–water partition coefficient (Wildman–Crippen LogP) is 2.18. The van der Waals surface area contributed by atoms with E-state index < -0.39 is 6.10 Å². The summed E-state index contributed by atoms with van der Waals surface area (Å²) in [6.45, 7) is 4.04. The summed E-state index contributed by atoms with van der Waals surface area (Å²) >= 11 is 1.81. The zero-order chi connectivity index (χ0) is 9.90. The second kappa shape index (κ2) is 4.34. The Morgan fingerprint density at radius 1 is 1.69 bits per heavy atom. The van der Waals surface area contributed by atoms with E-state index >= 15 is 0 Å². The van der Waals surface area contributed by atoms with Crippen molar-refractivity contribution in [3.8, 4) is 6.07 Å². The molecule has 1 heterocycles. The first-order chi connectivity index (χ1) is 6.14. The van der Waals surface area contributed by atoms with Crippen LogP contribution in [0.2, 0.25) is 0 Å². The van der Waals surface area contributed by atoms with Gasteiger partial charge in [0.05, 0.1) is 18.1 Å². The first-order valence-corrected chi connectivity index (χ1v) is 5.84. The van der Waals surface area contributed by atoms with Crippen molar-refractivity contribution in [1.82, 2.24) is 0 Å². The summed E-state index contributed by atoms with van der Waals surface area (Å²) < 4.78 is -0.0730. The largest absolute Gasteiger partial charge is 0.390 e. The lowest BCUT2D eigenvalue weighted by Gasteiger charge is -2.31. The third kappa shape index (κ3) is 2.18. The average Bonchev–Trinajstić information content (AvgIpc) is 2.55. The molecular weight excluding hydrogens is 182 g/mol. The molecule has 1 rings (SSSR count). The van der Waals surface area contributed by atoms with E-state index in [1.165, 1.54) is 6.42 Å². The minimum Gasteiger partial charge on any atom is -0.390 e. The minimum atomic E-state index is -0.463. The molecule has 1 aliphatic heterocycles. The maximum atomic E-state index is 10.0. The van der Waals surface area contributed by atoms with Crippen LogP contribution in [0.1, 0.15) is 33.1 Å². The van der Waals surface area contributed by atoms with Gasteiger partial charge in [-0.15, -0.1) is 0 Å². The van der Waals surface area contributed by atoms with E-state index in [-0.39, 0.29) is 10.7 Å². The normalized spacial score (nSPS) is 32.5. The highest BCUT2D eigenvalue weighted by molar-refractivity contribution is 8.00. The fourth-order valence-electron chi connectivity index (χ4n) is 1.84. The quantitative estimate of drug-likeness (QED) is 0.757. The molecule has 0 aliphatic carbocycles. The Kier molecular flexibility index (Phi) is 3.63. The summed E-state index contributed by atoms with van der Waals surface area (Å²) in [7, 11) is 0. The van der Waals surface area contributed by atoms with Crippen LogP contribution in [0.15, 0.2) is 0 Å². The van der Waals surface area contributed by atoms with E-state index in [1.807, 2.05) is 18.7 Å². The lowest BCUT2D eigenvalue weighted by molar-refractivity contribution is 0.0934. The van der Waals surface area contributed by atoms with Gasteiger partial charge in [0, 0.05) is 4.75 Å². The third-order valence-electron chi connectivity index (χ3n) is 2.86. The van der Waals surface area contributed by atoms with E-state index in [2.05, 4.69) is 13.0 Å². The van der Waals surface area contributed by atoms with E-state index in [1.54, 1.807) is 0 Å². The summed E-state index contributed by atoms with van der Waals surface area (Å²) in [4.78, 5) is 0. The van der Waals surface area contributed by atoms with Crippen LogP contribution in [0.4, 0.5) is 0 Å². The van der Waals surface area contributed by atoms with Gasteiger partial charge in [0.25, 0.3) is 0 Å². The molecule has 2 nitrogen and oxygen atoms in total. The molecular formula is C10H17NOS. The highest BCUT2D eigenvalue weighted by atomic mass is 32.2. The van der Waals surface area contributed by atoms with Gasteiger partial charge >= 0.3 is 0 Å². The van der Waals surface area contributed by atoms with Crippen LogP contribution in [-0.2, 0) is 0 Å². The first-order valence-electron chi connectivity index (χ1n) is 4.85. The lowest BCUT2D eigenvalue weighted by atomic mass is 9.88. The van der Waals surface area contributed by atoms with E-state index in [0.29, 0.717) is 0 Å². The van der Waals surface area contributed by atoms with Crippen LogP contribution >= 0.6 is 11.8 Å². The van der Waals surface area contributed by atoms with Crippen molar-refractivity contribution in [3.05, 3.63) is 0 Å². The summed E-state index contributed by atoms with van der Waals surface area (Å²) in [5.74, 6) is 0.922. The Bertz CT molecular complexity index is 205. The standard InChI is InChI=1S/C10H17NOS/c1-3-8(7-11)9(12)10(2)5-4-6-13-10/h8-9,12H,3-6H2,1-2H3. The van der Waals surface area contributed by atoms with Crippen LogP contribution in [0, 0.1) is 17.2 Å². The van der Waals surface area contributed by atoms with Crippen LogP contribution < -0.4 is 0 Å². The van der Waals surface area contributed by atoms with Gasteiger partial charge in [0.2, 0.25) is 0 Å². The Hall–Kier alpha value is -0.200. The molecule has 0 radical (unpaired) electrons. The second-order valence-corrected chi connectivity index (χ2v) is 5.48. The maximum absolute atomic E-state index is 10.0. The predicted molar refractivity (Wildman–Crippen MR) is 55.5 cm³/mol. The number of aliphatic hydroxyl groups excluding tert-OH is 1. The van der Waals surface area contributed by atoms with Crippen molar-refractivity contribution in [3.63, 3.8) is 0 Å². The zero-order valence-electron chi connectivity index (χ0n) is 8.29. The topological polar surface area (TPSA) is 44.0 Å². The highest BCUT2D eigenvalue weighted by Crippen LogP contribution is 2.42. The van der Waals surface area contributed by atoms with Gasteiger partial charge < -0.3 is 5.11 Å². The molecule has 0 aromatic rings. The van der Waals surface area contributed by atoms with Crippen LogP contribution in [0.25, 0.3) is 0 Å². The Morgan fingerprint density at radius 2 is 2.38 bits per heavy atom. The smallest absolute Gasteiger partial charge is 0.0841 e. The van der Waals surface area contributed by atoms with Crippen molar-refractivity contribution in [2.24, 2.45) is 5.92 Å². The number of rotatable bonds is 3. The van der Waals surface area contributed by atoms with Crippen molar-refractivity contribution in [2.75, 3.05) is 5.75 Å². The fraction of sp³-hybridized carbons (Fsp3) is 0.900. The van der Waals surface area contributed by atoms with Gasteiger partial charge in [-0.3, -0.25) is 0 Å². The summed E-state index contributed by atoms with van der Waals surface area (Å²) in [5.41, 5.74) is 0. The van der Waals surface area contributed by atoms with E-state index in [0.717, 1.165) is 18.6 Å². The molecule has 1 saturated heterocycles. The third-order valence-corrected chi connectivity index (χ3v) is 4.46. The Morgan fingerprint density at radius 3 is 2.77 bits per heavy atom. The molecule has 74 valence electrons. The van der Waals surface area contributed by atoms with Crippen molar-refractivity contribution in [2.45, 2.75) is 44.0 Å². The number of nitrogens with zero attached hydrogens (tertiary/aromatic N) is 1. The molecule has 0 amide bonds. The van der Waals surface area contributed by atoms with Crippen LogP contribution in [0.3, 0.4) is 0 Å². The summed E-state index contributed by atoms with van der Waals surface area (Å²) in [6, 6.07) is 2.19. The maximum Gasteiger partial charge on any atom is 0.0841 e. The van der Waals surface area contributed by atoms with Crippen molar-refractivity contribution in [1.29, 1.82) is 5.26 Å². The van der Waals surface area contributed by atoms with Gasteiger partial charge in [-0.25, -0.2) is 0 Å². The minimum absolute atomic E-state index is 0.0730. The summed E-state index contributed by atoms with van der Waals surface area (Å²) in [6.07, 6.45) is 2.49. The first kappa shape index (κ1) is 10.9. The fourth-order valence-corrected chi connectivity index (χ4v) is 3.22. The van der Waals surface area contributed by atoms with Gasteiger partial charge in [0.15, 0.2) is 0 Å². The molecule has 1 N–H and O–H groups in total. The monoisotopic (exact) mass is 199 g/mol. The second-order valence-electron chi connectivity index (χ2n) is 3.85. The van der Waals surface area contributed by atoms with Crippen molar-refractivity contribution < 1.29 is 5.11 Å². The van der Waals surface area contributed by atoms with Gasteiger partial charge in [-0.05, 0) is 31.9 Å². The number of thioether (sulfide) groups is 1. The van der Waals surface area contributed by atoms with E-state index in [4.69, 9.17) is 5.26 Å². The van der Waals surface area contributed by atoms with Crippen molar-refractivity contribution >= 4 is 11.8 Å². The SMILES string of the molecule is CCC(C#N)C(O)C1(C)CCCS1. The van der Waals surface area contributed by atoms with Gasteiger partial charge in [-0.2, -0.15) is 17.0 Å². The molecule has 3 atom stereocenters. The molecule has 3 unspecified atom stereocenters. The Balaban J connectivity index is 2.64. The molecule has 3 heteroatoms. The average molecular weight is 199 g/mol. The molecule has 0 aromatic heterocycles. The lowest BCUT2D eigenvalue weighted by Crippen LogP contribution is -2.39. The zero-order valence-corrected chi connectivity index (χ0v) is 9.10. The molecule has 0 spiro atoms. The van der Waals surface area contributed by atoms with Crippen LogP contribution in [-0.4, -0.2) is 21.7 Å². The Labute approximate surface area is 84.3 Å².